The molecule has 0 saturated carbocycles. The number of nitrogens with one attached hydrogen (secondary N) is 2. The number of hydrogen-bond acceptors (Lipinski definition) is 3. The topological polar surface area (TPSA) is 79.2 Å². The molecule has 6 heteroatoms. The van der Waals surface area contributed by atoms with Gasteiger partial charge in [-0.15, -0.1) is 0 Å². The Hall–Kier alpha value is -1.56. The van der Waals surface area contributed by atoms with Crippen molar-refractivity contribution in [3.63, 3.8) is 0 Å². The molecule has 0 aromatic carbocycles. The molecule has 0 fully saturated rings. The minimum atomic E-state index is -0.552. The SMILES string of the molecule is CCCC(C)(CO)NC(=O)NCC(C)Cn1cccn1. The smallest absolute Gasteiger partial charge is 0.315 e. The summed E-state index contributed by atoms with van der Waals surface area (Å²) in [6, 6.07) is 1.65. The Morgan fingerprint density at radius 1 is 1.55 bits per heavy atom. The predicted octanol–water partition coefficient (Wildman–Crippen LogP) is 1.37. The van der Waals surface area contributed by atoms with Gasteiger partial charge in [0.2, 0.25) is 0 Å². The van der Waals surface area contributed by atoms with Crippen molar-refractivity contribution in [3.05, 3.63) is 18.5 Å². The van der Waals surface area contributed by atoms with E-state index in [1.165, 1.54) is 0 Å². The van der Waals surface area contributed by atoms with E-state index in [1.807, 2.05) is 30.8 Å². The van der Waals surface area contributed by atoms with Crippen LogP contribution in [0.1, 0.15) is 33.6 Å². The van der Waals surface area contributed by atoms with Crippen LogP contribution in [0.4, 0.5) is 4.79 Å². The van der Waals surface area contributed by atoms with Gasteiger partial charge in [0.15, 0.2) is 0 Å². The van der Waals surface area contributed by atoms with Crippen molar-refractivity contribution in [2.45, 2.75) is 45.7 Å². The molecule has 1 aromatic heterocycles. The van der Waals surface area contributed by atoms with Crippen LogP contribution in [0.3, 0.4) is 0 Å². The molecule has 0 radical (unpaired) electrons. The van der Waals surface area contributed by atoms with Gasteiger partial charge in [-0.1, -0.05) is 20.3 Å². The summed E-state index contributed by atoms with van der Waals surface area (Å²) < 4.78 is 1.85. The van der Waals surface area contributed by atoms with Crippen molar-refractivity contribution >= 4 is 6.03 Å². The number of aliphatic hydroxyl groups excluding tert-OH is 1. The largest absolute Gasteiger partial charge is 0.394 e. The molecule has 0 saturated heterocycles. The summed E-state index contributed by atoms with van der Waals surface area (Å²) in [5, 5.41) is 19.2. The zero-order valence-corrected chi connectivity index (χ0v) is 12.6. The summed E-state index contributed by atoms with van der Waals surface area (Å²) in [7, 11) is 0. The van der Waals surface area contributed by atoms with Crippen molar-refractivity contribution in [2.24, 2.45) is 5.92 Å². The summed E-state index contributed by atoms with van der Waals surface area (Å²) in [4.78, 5) is 11.8. The lowest BCUT2D eigenvalue weighted by molar-refractivity contribution is 0.162. The molecule has 3 N–H and O–H groups in total. The molecule has 2 atom stereocenters. The van der Waals surface area contributed by atoms with E-state index in [0.29, 0.717) is 6.54 Å². The maximum Gasteiger partial charge on any atom is 0.315 e. The highest BCUT2D eigenvalue weighted by Crippen LogP contribution is 2.10. The fraction of sp³-hybridized carbons (Fsp3) is 0.714. The highest BCUT2D eigenvalue weighted by Gasteiger charge is 2.24. The second kappa shape index (κ2) is 7.89. The van der Waals surface area contributed by atoms with Crippen molar-refractivity contribution in [2.75, 3.05) is 13.2 Å². The minimum absolute atomic E-state index is 0.0584. The van der Waals surface area contributed by atoms with Crippen LogP contribution in [0.5, 0.6) is 0 Å². The van der Waals surface area contributed by atoms with Crippen molar-refractivity contribution in [1.82, 2.24) is 20.4 Å². The molecule has 2 unspecified atom stereocenters. The number of aromatic nitrogens is 2. The van der Waals surface area contributed by atoms with Crippen LogP contribution in [0, 0.1) is 5.92 Å². The van der Waals surface area contributed by atoms with E-state index < -0.39 is 5.54 Å². The van der Waals surface area contributed by atoms with Crippen LogP contribution in [0.25, 0.3) is 0 Å². The first kappa shape index (κ1) is 16.5. The number of carbonyl (C=O) groups excluding carboxylic acids is 1. The number of nitrogens with zero attached hydrogens (tertiary/aromatic N) is 2. The van der Waals surface area contributed by atoms with Crippen LogP contribution in [0.15, 0.2) is 18.5 Å². The molecule has 2 amide bonds. The van der Waals surface area contributed by atoms with Crippen LogP contribution >= 0.6 is 0 Å². The Kier molecular flexibility index (Phi) is 6.51. The number of hydrogen-bond donors (Lipinski definition) is 3. The quantitative estimate of drug-likeness (QED) is 0.674. The molecule has 0 aliphatic heterocycles. The van der Waals surface area contributed by atoms with Crippen molar-refractivity contribution in [3.8, 4) is 0 Å². The number of urea groups is 1. The molecule has 0 aliphatic rings. The molecule has 0 spiro atoms. The Balaban J connectivity index is 2.31. The standard InChI is InChI=1S/C14H26N4O2/c1-4-6-14(3,11-19)17-13(20)15-9-12(2)10-18-8-5-7-16-18/h5,7-8,12,19H,4,6,9-11H2,1-3H3,(H2,15,17,20). The Morgan fingerprint density at radius 3 is 2.85 bits per heavy atom. The zero-order chi connectivity index (χ0) is 15.0. The molecule has 1 rings (SSSR count). The van der Waals surface area contributed by atoms with E-state index in [-0.39, 0.29) is 18.6 Å². The first-order valence-electron chi connectivity index (χ1n) is 7.13. The molecule has 114 valence electrons. The van der Waals surface area contributed by atoms with Crippen LogP contribution in [0.2, 0.25) is 0 Å². The van der Waals surface area contributed by atoms with Gasteiger partial charge in [-0.3, -0.25) is 4.68 Å². The van der Waals surface area contributed by atoms with Gasteiger partial charge in [0.1, 0.15) is 0 Å². The number of carbonyl (C=O) groups is 1. The summed E-state index contributed by atoms with van der Waals surface area (Å²) in [6.45, 7) is 7.21. The van der Waals surface area contributed by atoms with E-state index in [2.05, 4.69) is 22.7 Å². The van der Waals surface area contributed by atoms with Gasteiger partial charge in [0, 0.05) is 25.5 Å². The highest BCUT2D eigenvalue weighted by atomic mass is 16.3. The van der Waals surface area contributed by atoms with E-state index in [9.17, 15) is 9.90 Å². The third kappa shape index (κ3) is 5.61. The second-order valence-electron chi connectivity index (χ2n) is 5.64. The summed E-state index contributed by atoms with van der Waals surface area (Å²) in [5.41, 5.74) is -0.552. The van der Waals surface area contributed by atoms with Gasteiger partial charge in [-0.2, -0.15) is 5.10 Å². The second-order valence-corrected chi connectivity index (χ2v) is 5.64. The van der Waals surface area contributed by atoms with Crippen LogP contribution < -0.4 is 10.6 Å². The van der Waals surface area contributed by atoms with E-state index in [1.54, 1.807) is 6.20 Å². The number of aliphatic hydroxyl groups is 1. The number of rotatable bonds is 8. The molecular formula is C14H26N4O2. The maximum atomic E-state index is 11.8. The molecule has 6 nitrogen and oxygen atoms in total. The lowest BCUT2D eigenvalue weighted by Gasteiger charge is -2.28. The fourth-order valence-electron chi connectivity index (χ4n) is 2.11. The van der Waals surface area contributed by atoms with Crippen molar-refractivity contribution < 1.29 is 9.90 Å². The fourth-order valence-corrected chi connectivity index (χ4v) is 2.11. The Labute approximate surface area is 120 Å². The maximum absolute atomic E-state index is 11.8. The van der Waals surface area contributed by atoms with E-state index in [0.717, 1.165) is 19.4 Å². The summed E-state index contributed by atoms with van der Waals surface area (Å²) in [6.07, 6.45) is 5.30. The first-order chi connectivity index (χ1) is 9.49. The van der Waals surface area contributed by atoms with Crippen LogP contribution in [-0.2, 0) is 6.54 Å². The van der Waals surface area contributed by atoms with Gasteiger partial charge >= 0.3 is 6.03 Å². The molecular weight excluding hydrogens is 256 g/mol. The third-order valence-corrected chi connectivity index (χ3v) is 3.24. The average molecular weight is 282 g/mol. The molecule has 20 heavy (non-hydrogen) atoms. The third-order valence-electron chi connectivity index (χ3n) is 3.24. The zero-order valence-electron chi connectivity index (χ0n) is 12.6. The number of amides is 2. The first-order valence-corrected chi connectivity index (χ1v) is 7.13. The van der Waals surface area contributed by atoms with E-state index in [4.69, 9.17) is 0 Å². The lowest BCUT2D eigenvalue weighted by atomic mass is 9.98. The van der Waals surface area contributed by atoms with Gasteiger partial charge < -0.3 is 15.7 Å². The van der Waals surface area contributed by atoms with Gasteiger partial charge in [-0.25, -0.2) is 4.79 Å². The van der Waals surface area contributed by atoms with Gasteiger partial charge in [0.25, 0.3) is 0 Å². The van der Waals surface area contributed by atoms with Crippen LogP contribution in [-0.4, -0.2) is 39.6 Å². The van der Waals surface area contributed by atoms with Gasteiger partial charge in [0.05, 0.1) is 12.1 Å². The molecule has 1 heterocycles. The Morgan fingerprint density at radius 2 is 2.30 bits per heavy atom. The average Bonchev–Trinajstić information content (AvgIpc) is 2.89. The highest BCUT2D eigenvalue weighted by molar-refractivity contribution is 5.74. The van der Waals surface area contributed by atoms with Gasteiger partial charge in [-0.05, 0) is 25.3 Å². The normalized spacial score (nSPS) is 15.4. The predicted molar refractivity (Wildman–Crippen MR) is 78.3 cm³/mol. The molecule has 1 aromatic rings. The van der Waals surface area contributed by atoms with Crippen molar-refractivity contribution in [1.29, 1.82) is 0 Å². The van der Waals surface area contributed by atoms with E-state index >= 15 is 0 Å². The monoisotopic (exact) mass is 282 g/mol. The molecule has 0 aliphatic carbocycles. The Bertz CT molecular complexity index is 394. The molecule has 0 bridgehead atoms. The summed E-state index contributed by atoms with van der Waals surface area (Å²) >= 11 is 0. The minimum Gasteiger partial charge on any atom is -0.394 e. The summed E-state index contributed by atoms with van der Waals surface area (Å²) in [5.74, 6) is 0.284. The lowest BCUT2D eigenvalue weighted by Crippen LogP contribution is -2.53.